The molecule has 1 rings (SSSR count). The fourth-order valence-corrected chi connectivity index (χ4v) is 3.22. The van der Waals surface area contributed by atoms with Crippen LogP contribution in [0, 0.1) is 5.82 Å². The Bertz CT molecular complexity index is 405. The van der Waals surface area contributed by atoms with Crippen LogP contribution in [0.1, 0.15) is 90.0 Å². The average Bonchev–Trinajstić information content (AvgIpc) is 2.57. The molecular weight excluding hydrogens is 297 g/mol. The monoisotopic (exact) mass is 335 g/mol. The number of hydrogen-bond acceptors (Lipinski definition) is 1. The molecule has 0 spiro atoms. The standard InChI is InChI=1S/C22H38FN/c1-3-5-7-9-11-13-18-24(17-12-10-8-6-4-2)20-21-15-14-16-22(23)19-21/h14-16,19H,3-13,17-18,20H2,1-2H3. The summed E-state index contributed by atoms with van der Waals surface area (Å²) in [6.45, 7) is 7.71. The highest BCUT2D eigenvalue weighted by Gasteiger charge is 2.07. The molecule has 0 fully saturated rings. The molecule has 0 unspecified atom stereocenters. The lowest BCUT2D eigenvalue weighted by Crippen LogP contribution is -2.25. The molecule has 138 valence electrons. The molecule has 0 atom stereocenters. The van der Waals surface area contributed by atoms with E-state index < -0.39 is 0 Å². The van der Waals surface area contributed by atoms with Crippen molar-refractivity contribution >= 4 is 0 Å². The Balaban J connectivity index is 2.34. The molecule has 0 aliphatic rings. The highest BCUT2D eigenvalue weighted by atomic mass is 19.1. The second-order valence-electron chi connectivity index (χ2n) is 7.09. The zero-order chi connectivity index (χ0) is 17.5. The van der Waals surface area contributed by atoms with Crippen LogP contribution in [-0.2, 0) is 6.54 Å². The largest absolute Gasteiger partial charge is 0.299 e. The number of benzene rings is 1. The number of halogens is 1. The first kappa shape index (κ1) is 21.2. The van der Waals surface area contributed by atoms with Gasteiger partial charge in [-0.15, -0.1) is 0 Å². The van der Waals surface area contributed by atoms with Gasteiger partial charge in [-0.05, 0) is 43.6 Å². The Kier molecular flexibility index (Phi) is 12.7. The van der Waals surface area contributed by atoms with Crippen LogP contribution in [-0.4, -0.2) is 18.0 Å². The minimum Gasteiger partial charge on any atom is -0.299 e. The van der Waals surface area contributed by atoms with E-state index in [1.807, 2.05) is 6.07 Å². The normalized spacial score (nSPS) is 11.3. The smallest absolute Gasteiger partial charge is 0.123 e. The van der Waals surface area contributed by atoms with E-state index in [4.69, 9.17) is 0 Å². The van der Waals surface area contributed by atoms with E-state index in [-0.39, 0.29) is 5.82 Å². The van der Waals surface area contributed by atoms with Crippen molar-refractivity contribution in [3.63, 3.8) is 0 Å². The van der Waals surface area contributed by atoms with Gasteiger partial charge in [0.2, 0.25) is 0 Å². The lowest BCUT2D eigenvalue weighted by atomic mass is 10.1. The topological polar surface area (TPSA) is 3.24 Å². The van der Waals surface area contributed by atoms with Crippen LogP contribution >= 0.6 is 0 Å². The van der Waals surface area contributed by atoms with Gasteiger partial charge in [0.25, 0.3) is 0 Å². The molecule has 0 aliphatic carbocycles. The summed E-state index contributed by atoms with van der Waals surface area (Å²) in [5.41, 5.74) is 1.11. The molecule has 0 aliphatic heterocycles. The van der Waals surface area contributed by atoms with E-state index >= 15 is 0 Å². The van der Waals surface area contributed by atoms with Gasteiger partial charge in [0.15, 0.2) is 0 Å². The van der Waals surface area contributed by atoms with Crippen LogP contribution in [0.5, 0.6) is 0 Å². The fourth-order valence-electron chi connectivity index (χ4n) is 3.22. The highest BCUT2D eigenvalue weighted by Crippen LogP contribution is 2.12. The van der Waals surface area contributed by atoms with Crippen molar-refractivity contribution in [2.75, 3.05) is 13.1 Å². The van der Waals surface area contributed by atoms with Gasteiger partial charge in [-0.25, -0.2) is 4.39 Å². The Labute approximate surface area is 149 Å². The fraction of sp³-hybridized carbons (Fsp3) is 0.727. The second-order valence-corrected chi connectivity index (χ2v) is 7.09. The van der Waals surface area contributed by atoms with Gasteiger partial charge in [0, 0.05) is 6.54 Å². The van der Waals surface area contributed by atoms with Crippen molar-refractivity contribution in [1.29, 1.82) is 0 Å². The summed E-state index contributed by atoms with van der Waals surface area (Å²) in [5.74, 6) is -0.116. The van der Waals surface area contributed by atoms with E-state index in [1.54, 1.807) is 6.07 Å². The van der Waals surface area contributed by atoms with E-state index in [9.17, 15) is 4.39 Å². The summed E-state index contributed by atoms with van der Waals surface area (Å²) >= 11 is 0. The maximum Gasteiger partial charge on any atom is 0.123 e. The van der Waals surface area contributed by atoms with Gasteiger partial charge in [0.05, 0.1) is 0 Å². The van der Waals surface area contributed by atoms with Gasteiger partial charge >= 0.3 is 0 Å². The second kappa shape index (κ2) is 14.5. The highest BCUT2D eigenvalue weighted by molar-refractivity contribution is 5.16. The van der Waals surface area contributed by atoms with Crippen molar-refractivity contribution in [3.8, 4) is 0 Å². The van der Waals surface area contributed by atoms with Crippen molar-refractivity contribution < 1.29 is 4.39 Å². The van der Waals surface area contributed by atoms with Gasteiger partial charge < -0.3 is 0 Å². The zero-order valence-corrected chi connectivity index (χ0v) is 16.0. The molecule has 0 aromatic heterocycles. The molecular formula is C22H38FN. The predicted molar refractivity (Wildman–Crippen MR) is 104 cm³/mol. The van der Waals surface area contributed by atoms with Crippen LogP contribution in [0.15, 0.2) is 24.3 Å². The third-order valence-corrected chi connectivity index (χ3v) is 4.70. The molecule has 0 N–H and O–H groups in total. The number of rotatable bonds is 15. The maximum absolute atomic E-state index is 13.4. The van der Waals surface area contributed by atoms with Crippen LogP contribution in [0.25, 0.3) is 0 Å². The summed E-state index contributed by atoms with van der Waals surface area (Å²) in [4.78, 5) is 2.53. The molecule has 0 radical (unpaired) electrons. The number of unbranched alkanes of at least 4 members (excludes halogenated alkanes) is 9. The Morgan fingerprint density at radius 2 is 1.29 bits per heavy atom. The van der Waals surface area contributed by atoms with E-state index in [0.29, 0.717) is 0 Å². The first-order valence-electron chi connectivity index (χ1n) is 10.2. The van der Waals surface area contributed by atoms with Gasteiger partial charge in [-0.2, -0.15) is 0 Å². The Hall–Kier alpha value is -0.890. The minimum absolute atomic E-state index is 0.116. The summed E-state index contributed by atoms with van der Waals surface area (Å²) < 4.78 is 13.4. The van der Waals surface area contributed by atoms with Crippen LogP contribution in [0.3, 0.4) is 0 Å². The molecule has 0 amide bonds. The maximum atomic E-state index is 13.4. The van der Waals surface area contributed by atoms with Gasteiger partial charge in [-0.3, -0.25) is 4.90 Å². The quantitative estimate of drug-likeness (QED) is 0.313. The van der Waals surface area contributed by atoms with Crippen molar-refractivity contribution in [2.24, 2.45) is 0 Å². The molecule has 1 nitrogen and oxygen atoms in total. The van der Waals surface area contributed by atoms with E-state index in [0.717, 1.165) is 25.2 Å². The van der Waals surface area contributed by atoms with Crippen LogP contribution < -0.4 is 0 Å². The summed E-state index contributed by atoms with van der Waals surface area (Å²) in [6.07, 6.45) is 14.6. The summed E-state index contributed by atoms with van der Waals surface area (Å²) in [6, 6.07) is 7.10. The predicted octanol–water partition coefficient (Wildman–Crippen LogP) is 6.96. The van der Waals surface area contributed by atoms with Crippen molar-refractivity contribution in [1.82, 2.24) is 4.90 Å². The zero-order valence-electron chi connectivity index (χ0n) is 16.0. The molecule has 1 aromatic carbocycles. The lowest BCUT2D eigenvalue weighted by molar-refractivity contribution is 0.252. The first-order chi connectivity index (χ1) is 11.8. The minimum atomic E-state index is -0.116. The molecule has 0 heterocycles. The molecule has 0 bridgehead atoms. The average molecular weight is 336 g/mol. The third-order valence-electron chi connectivity index (χ3n) is 4.70. The van der Waals surface area contributed by atoms with Gasteiger partial charge in [0.1, 0.15) is 5.82 Å². The molecule has 0 saturated carbocycles. The SMILES string of the molecule is CCCCCCCCN(CCCCCCC)Cc1cccc(F)c1. The van der Waals surface area contributed by atoms with Gasteiger partial charge in [-0.1, -0.05) is 83.8 Å². The van der Waals surface area contributed by atoms with Crippen LogP contribution in [0.4, 0.5) is 4.39 Å². The molecule has 24 heavy (non-hydrogen) atoms. The third kappa shape index (κ3) is 10.8. The van der Waals surface area contributed by atoms with E-state index in [1.165, 1.54) is 76.7 Å². The Morgan fingerprint density at radius 3 is 1.83 bits per heavy atom. The summed E-state index contributed by atoms with van der Waals surface area (Å²) in [5, 5.41) is 0. The van der Waals surface area contributed by atoms with Crippen molar-refractivity contribution in [3.05, 3.63) is 35.6 Å². The molecule has 1 aromatic rings. The molecule has 2 heteroatoms. The van der Waals surface area contributed by atoms with Crippen LogP contribution in [0.2, 0.25) is 0 Å². The number of nitrogens with zero attached hydrogens (tertiary/aromatic N) is 1. The first-order valence-corrected chi connectivity index (χ1v) is 10.2. The Morgan fingerprint density at radius 1 is 0.750 bits per heavy atom. The van der Waals surface area contributed by atoms with Crippen molar-refractivity contribution in [2.45, 2.75) is 91.0 Å². The van der Waals surface area contributed by atoms with E-state index in [2.05, 4.69) is 24.8 Å². The lowest BCUT2D eigenvalue weighted by Gasteiger charge is -2.22. The molecule has 0 saturated heterocycles. The summed E-state index contributed by atoms with van der Waals surface area (Å²) in [7, 11) is 0. The number of hydrogen-bond donors (Lipinski definition) is 0.